The molecule has 0 fully saturated rings. The zero-order chi connectivity index (χ0) is 23.1. The molecule has 0 atom stereocenters. The summed E-state index contributed by atoms with van der Waals surface area (Å²) in [6.07, 6.45) is 1.98. The predicted molar refractivity (Wildman–Crippen MR) is 137 cm³/mol. The fraction of sp³-hybridized carbons (Fsp3) is 0.321. The van der Waals surface area contributed by atoms with Gasteiger partial charge in [-0.05, 0) is 36.1 Å². The van der Waals surface area contributed by atoms with E-state index in [1.807, 2.05) is 23.9 Å². The molecule has 0 saturated carbocycles. The van der Waals surface area contributed by atoms with Crippen molar-refractivity contribution in [3.8, 4) is 5.75 Å². The summed E-state index contributed by atoms with van der Waals surface area (Å²) in [5.41, 5.74) is 4.94. The minimum Gasteiger partial charge on any atom is -0.482 e. The third-order valence-corrected chi connectivity index (χ3v) is 7.63. The number of carbonyl (C=O) groups is 1. The van der Waals surface area contributed by atoms with Crippen LogP contribution in [0.15, 0.2) is 78.9 Å². The van der Waals surface area contributed by atoms with Crippen LogP contribution in [0, 0.1) is 0 Å². The molecule has 4 rings (SSSR count). The average Bonchev–Trinajstić information content (AvgIpc) is 2.86. The summed E-state index contributed by atoms with van der Waals surface area (Å²) in [6.45, 7) is 4.01. The van der Waals surface area contributed by atoms with Crippen LogP contribution in [0.25, 0.3) is 0 Å². The molecule has 0 aromatic heterocycles. The number of benzene rings is 3. The van der Waals surface area contributed by atoms with Gasteiger partial charge in [-0.1, -0.05) is 73.7 Å². The first-order valence-electron chi connectivity index (χ1n) is 11.5. The molecule has 5 heteroatoms. The van der Waals surface area contributed by atoms with Crippen molar-refractivity contribution in [3.63, 3.8) is 0 Å². The van der Waals surface area contributed by atoms with Gasteiger partial charge in [-0.3, -0.25) is 0 Å². The largest absolute Gasteiger partial charge is 0.482 e. The van der Waals surface area contributed by atoms with Gasteiger partial charge in [-0.2, -0.15) is 11.8 Å². The van der Waals surface area contributed by atoms with Gasteiger partial charge in [0, 0.05) is 41.3 Å². The highest BCUT2D eigenvalue weighted by atomic mass is 32.2. The highest BCUT2D eigenvalue weighted by Gasteiger charge is 2.29. The van der Waals surface area contributed by atoms with E-state index in [0.29, 0.717) is 5.75 Å². The Morgan fingerprint density at radius 3 is 2.30 bits per heavy atom. The van der Waals surface area contributed by atoms with E-state index in [-0.39, 0.29) is 12.0 Å². The molecule has 1 aliphatic heterocycles. The molecule has 0 spiro atoms. The molecule has 0 bridgehead atoms. The Hall–Kier alpha value is -2.92. The van der Waals surface area contributed by atoms with Crippen LogP contribution in [0.4, 0.5) is 5.69 Å². The Labute approximate surface area is 200 Å². The lowest BCUT2D eigenvalue weighted by Gasteiger charge is -2.33. The zero-order valence-corrected chi connectivity index (χ0v) is 19.9. The second-order valence-corrected chi connectivity index (χ2v) is 9.75. The summed E-state index contributed by atoms with van der Waals surface area (Å²) >= 11 is 1.99. The second kappa shape index (κ2) is 10.8. The zero-order valence-electron chi connectivity index (χ0n) is 19.1. The quantitative estimate of drug-likeness (QED) is 0.396. The fourth-order valence-electron chi connectivity index (χ4n) is 4.57. The maximum absolute atomic E-state index is 10.9. The lowest BCUT2D eigenvalue weighted by molar-refractivity contribution is -0.139. The third kappa shape index (κ3) is 5.53. The van der Waals surface area contributed by atoms with Crippen molar-refractivity contribution in [2.24, 2.45) is 0 Å². The monoisotopic (exact) mass is 461 g/mol. The third-order valence-electron chi connectivity index (χ3n) is 6.37. The second-order valence-electron chi connectivity index (χ2n) is 8.64. The highest BCUT2D eigenvalue weighted by Crippen LogP contribution is 2.37. The molecule has 3 aromatic carbocycles. The van der Waals surface area contributed by atoms with Crippen molar-refractivity contribution in [3.05, 3.63) is 95.6 Å². The SMILES string of the molecule is CC(CSCCN1CCCc2c(OCC(=O)O)cccc21)(c1ccccc1)c1ccccc1. The van der Waals surface area contributed by atoms with Gasteiger partial charge >= 0.3 is 5.97 Å². The molecule has 4 nitrogen and oxygen atoms in total. The lowest BCUT2D eigenvalue weighted by Crippen LogP contribution is -2.32. The van der Waals surface area contributed by atoms with E-state index in [1.54, 1.807) is 0 Å². The van der Waals surface area contributed by atoms with Crippen molar-refractivity contribution in [1.82, 2.24) is 0 Å². The summed E-state index contributed by atoms with van der Waals surface area (Å²) in [4.78, 5) is 13.3. The molecule has 0 radical (unpaired) electrons. The maximum Gasteiger partial charge on any atom is 0.341 e. The van der Waals surface area contributed by atoms with E-state index in [4.69, 9.17) is 9.84 Å². The van der Waals surface area contributed by atoms with Crippen LogP contribution in [0.2, 0.25) is 0 Å². The minimum absolute atomic E-state index is 0.0508. The van der Waals surface area contributed by atoms with E-state index >= 15 is 0 Å². The summed E-state index contributed by atoms with van der Waals surface area (Å²) in [5, 5.41) is 8.97. The van der Waals surface area contributed by atoms with Gasteiger partial charge in [0.1, 0.15) is 5.75 Å². The number of hydrogen-bond donors (Lipinski definition) is 1. The molecule has 33 heavy (non-hydrogen) atoms. The summed E-state index contributed by atoms with van der Waals surface area (Å²) in [7, 11) is 0. The number of carboxylic acid groups (broad SMARTS) is 1. The number of thioether (sulfide) groups is 1. The Morgan fingerprint density at radius 1 is 1.00 bits per heavy atom. The van der Waals surface area contributed by atoms with Crippen LogP contribution in [-0.2, 0) is 16.6 Å². The van der Waals surface area contributed by atoms with Crippen molar-refractivity contribution in [1.29, 1.82) is 0 Å². The molecular formula is C28H31NO3S. The first kappa shape index (κ1) is 23.2. The van der Waals surface area contributed by atoms with Gasteiger partial charge in [0.15, 0.2) is 6.61 Å². The fourth-order valence-corrected chi connectivity index (χ4v) is 5.81. The normalized spacial score (nSPS) is 13.4. The Bertz CT molecular complexity index is 1020. The van der Waals surface area contributed by atoms with Crippen LogP contribution in [0.3, 0.4) is 0 Å². The molecule has 0 saturated heterocycles. The number of hydrogen-bond acceptors (Lipinski definition) is 4. The van der Waals surface area contributed by atoms with E-state index in [1.165, 1.54) is 16.8 Å². The van der Waals surface area contributed by atoms with Crippen molar-refractivity contribution in [2.45, 2.75) is 25.2 Å². The van der Waals surface area contributed by atoms with Gasteiger partial charge in [0.05, 0.1) is 0 Å². The first-order chi connectivity index (χ1) is 16.1. The van der Waals surface area contributed by atoms with Crippen LogP contribution < -0.4 is 9.64 Å². The van der Waals surface area contributed by atoms with E-state index in [2.05, 4.69) is 78.6 Å². The van der Waals surface area contributed by atoms with Gasteiger partial charge in [0.2, 0.25) is 0 Å². The van der Waals surface area contributed by atoms with Gasteiger partial charge in [-0.15, -0.1) is 0 Å². The summed E-state index contributed by atoms with van der Waals surface area (Å²) < 4.78 is 5.55. The molecule has 0 unspecified atom stereocenters. The molecule has 172 valence electrons. The molecule has 1 aliphatic rings. The Balaban J connectivity index is 1.42. The molecule has 3 aromatic rings. The lowest BCUT2D eigenvalue weighted by atomic mass is 9.78. The van der Waals surface area contributed by atoms with Crippen LogP contribution >= 0.6 is 11.8 Å². The van der Waals surface area contributed by atoms with Crippen LogP contribution in [0.1, 0.15) is 30.0 Å². The maximum atomic E-state index is 10.9. The number of carboxylic acids is 1. The van der Waals surface area contributed by atoms with E-state index < -0.39 is 5.97 Å². The number of nitrogens with zero attached hydrogens (tertiary/aromatic N) is 1. The highest BCUT2D eigenvalue weighted by molar-refractivity contribution is 7.99. The Morgan fingerprint density at radius 2 is 1.67 bits per heavy atom. The standard InChI is InChI=1S/C28H31NO3S/c1-28(22-10-4-2-5-11-22,23-12-6-3-7-13-23)21-33-19-18-29-17-9-14-24-25(29)15-8-16-26(24)32-20-27(30)31/h2-8,10-13,15-16H,9,14,17-21H2,1H3,(H,30,31). The number of fused-ring (bicyclic) bond motifs is 1. The van der Waals surface area contributed by atoms with Crippen molar-refractivity contribution >= 4 is 23.4 Å². The molecule has 1 heterocycles. The molecule has 1 N–H and O–H groups in total. The van der Waals surface area contributed by atoms with Crippen LogP contribution in [-0.4, -0.2) is 42.3 Å². The van der Waals surface area contributed by atoms with E-state index in [9.17, 15) is 4.79 Å². The van der Waals surface area contributed by atoms with Crippen LogP contribution in [0.5, 0.6) is 5.75 Å². The molecule has 0 aliphatic carbocycles. The van der Waals surface area contributed by atoms with Gasteiger partial charge < -0.3 is 14.7 Å². The first-order valence-corrected chi connectivity index (χ1v) is 12.6. The number of rotatable bonds is 10. The number of aliphatic carboxylic acids is 1. The smallest absolute Gasteiger partial charge is 0.341 e. The predicted octanol–water partition coefficient (Wildman–Crippen LogP) is 5.64. The number of ether oxygens (including phenoxy) is 1. The van der Waals surface area contributed by atoms with Crippen molar-refractivity contribution in [2.75, 3.05) is 36.1 Å². The summed E-state index contributed by atoms with van der Waals surface area (Å²) in [5.74, 6) is 1.78. The van der Waals surface area contributed by atoms with Gasteiger partial charge in [0.25, 0.3) is 0 Å². The van der Waals surface area contributed by atoms with Crippen molar-refractivity contribution < 1.29 is 14.6 Å². The van der Waals surface area contributed by atoms with Gasteiger partial charge in [-0.25, -0.2) is 4.79 Å². The molecule has 0 amide bonds. The Kier molecular flexibility index (Phi) is 7.61. The summed E-state index contributed by atoms with van der Waals surface area (Å²) in [6, 6.07) is 27.5. The van der Waals surface area contributed by atoms with E-state index in [0.717, 1.165) is 43.0 Å². The number of anilines is 1. The average molecular weight is 462 g/mol. The molecular weight excluding hydrogens is 430 g/mol. The minimum atomic E-state index is -0.948. The topological polar surface area (TPSA) is 49.8 Å².